The summed E-state index contributed by atoms with van der Waals surface area (Å²) in [6, 6.07) is 52.1. The van der Waals surface area contributed by atoms with Crippen LogP contribution in [0.3, 0.4) is 0 Å². The van der Waals surface area contributed by atoms with E-state index >= 15 is 0 Å². The highest BCUT2D eigenvalue weighted by Gasteiger charge is 2.25. The summed E-state index contributed by atoms with van der Waals surface area (Å²) in [7, 11) is 0. The van der Waals surface area contributed by atoms with Crippen LogP contribution in [0, 0.1) is 5.92 Å². The van der Waals surface area contributed by atoms with E-state index in [1.807, 2.05) is 23.6 Å². The fourth-order valence-corrected chi connectivity index (χ4v) is 9.15. The van der Waals surface area contributed by atoms with Crippen LogP contribution in [0.1, 0.15) is 18.2 Å². The lowest BCUT2D eigenvalue weighted by Crippen LogP contribution is -2.11. The van der Waals surface area contributed by atoms with Crippen molar-refractivity contribution in [2.75, 3.05) is 0 Å². The standard InChI is InChI=1S/C47H33N3S/c1-30-18-23-40-43(28-30)50(42-25-24-39-38-17-9-16-37(34-12-6-3-7-13-34)45(38)51-46(39)44(40)42)47-48-27-26-41(49-47)36-15-8-14-35(29-36)33-21-19-32(20-22-33)31-10-4-2-5-11-31/h2-27,29-30H,28H2,1H3. The molecule has 9 aromatic rings. The summed E-state index contributed by atoms with van der Waals surface area (Å²) in [5.41, 5.74) is 13.0. The number of aromatic nitrogens is 3. The lowest BCUT2D eigenvalue weighted by molar-refractivity contribution is 0.684. The van der Waals surface area contributed by atoms with Gasteiger partial charge in [0.2, 0.25) is 5.95 Å². The van der Waals surface area contributed by atoms with Crippen molar-refractivity contribution in [2.45, 2.75) is 13.3 Å². The second-order valence-corrected chi connectivity index (χ2v) is 14.5. The second-order valence-electron chi connectivity index (χ2n) is 13.5. The zero-order chi connectivity index (χ0) is 33.9. The molecule has 0 N–H and O–H groups in total. The van der Waals surface area contributed by atoms with Crippen LogP contribution in [0.4, 0.5) is 0 Å². The van der Waals surface area contributed by atoms with E-state index in [9.17, 15) is 0 Å². The summed E-state index contributed by atoms with van der Waals surface area (Å²) in [6.07, 6.45) is 7.52. The predicted molar refractivity (Wildman–Crippen MR) is 215 cm³/mol. The van der Waals surface area contributed by atoms with Gasteiger partial charge in [0, 0.05) is 48.6 Å². The van der Waals surface area contributed by atoms with E-state index in [0.717, 1.165) is 28.8 Å². The van der Waals surface area contributed by atoms with E-state index in [1.54, 1.807) is 0 Å². The van der Waals surface area contributed by atoms with Crippen molar-refractivity contribution in [2.24, 2.45) is 5.92 Å². The average Bonchev–Trinajstić information content (AvgIpc) is 3.74. The first kappa shape index (κ1) is 29.8. The number of benzene rings is 6. The zero-order valence-corrected chi connectivity index (χ0v) is 28.9. The smallest absolute Gasteiger partial charge is 0.234 e. The van der Waals surface area contributed by atoms with Crippen molar-refractivity contribution in [1.29, 1.82) is 0 Å². The van der Waals surface area contributed by atoms with Crippen LogP contribution in [-0.2, 0) is 6.42 Å². The first-order valence-electron chi connectivity index (χ1n) is 17.5. The minimum atomic E-state index is 0.427. The summed E-state index contributed by atoms with van der Waals surface area (Å²) in [4.78, 5) is 10.2. The molecule has 1 atom stereocenters. The zero-order valence-electron chi connectivity index (χ0n) is 28.1. The van der Waals surface area contributed by atoms with Gasteiger partial charge in [0.15, 0.2) is 0 Å². The number of allylic oxidation sites excluding steroid dienone is 1. The van der Waals surface area contributed by atoms with Gasteiger partial charge >= 0.3 is 0 Å². The fraction of sp³-hybridized carbons (Fsp3) is 0.0638. The minimum absolute atomic E-state index is 0.427. The fourth-order valence-electron chi connectivity index (χ4n) is 7.76. The molecular weight excluding hydrogens is 639 g/mol. The molecule has 1 aliphatic rings. The minimum Gasteiger partial charge on any atom is -0.282 e. The maximum atomic E-state index is 5.27. The first-order valence-corrected chi connectivity index (χ1v) is 18.4. The molecular formula is C47H33N3S. The van der Waals surface area contributed by atoms with Crippen LogP contribution in [0.15, 0.2) is 158 Å². The van der Waals surface area contributed by atoms with Crippen molar-refractivity contribution in [3.05, 3.63) is 169 Å². The number of hydrogen-bond acceptors (Lipinski definition) is 3. The molecule has 0 saturated carbocycles. The Morgan fingerprint density at radius 1 is 0.608 bits per heavy atom. The van der Waals surface area contributed by atoms with E-state index in [2.05, 4.69) is 163 Å². The highest BCUT2D eigenvalue weighted by atomic mass is 32.1. The van der Waals surface area contributed by atoms with Crippen molar-refractivity contribution < 1.29 is 0 Å². The third-order valence-corrected chi connectivity index (χ3v) is 11.5. The lowest BCUT2D eigenvalue weighted by Gasteiger charge is -2.16. The quantitative estimate of drug-likeness (QED) is 0.182. The van der Waals surface area contributed by atoms with Crippen LogP contribution in [0.5, 0.6) is 0 Å². The van der Waals surface area contributed by atoms with Gasteiger partial charge in [-0.1, -0.05) is 146 Å². The highest BCUT2D eigenvalue weighted by Crippen LogP contribution is 2.46. The Hall–Kier alpha value is -6.10. The summed E-state index contributed by atoms with van der Waals surface area (Å²) >= 11 is 1.91. The maximum absolute atomic E-state index is 5.27. The van der Waals surface area contributed by atoms with Gasteiger partial charge in [0.1, 0.15) is 0 Å². The Morgan fingerprint density at radius 3 is 2.08 bits per heavy atom. The van der Waals surface area contributed by atoms with E-state index in [4.69, 9.17) is 9.97 Å². The molecule has 10 rings (SSSR count). The first-order chi connectivity index (χ1) is 25.2. The molecule has 6 aromatic carbocycles. The Balaban J connectivity index is 1.10. The van der Waals surface area contributed by atoms with Gasteiger partial charge in [0.05, 0.1) is 11.2 Å². The lowest BCUT2D eigenvalue weighted by atomic mass is 9.94. The van der Waals surface area contributed by atoms with Crippen LogP contribution >= 0.6 is 11.3 Å². The van der Waals surface area contributed by atoms with E-state index in [1.165, 1.54) is 64.6 Å². The molecule has 3 nitrogen and oxygen atoms in total. The normalized spacial score (nSPS) is 14.0. The van der Waals surface area contributed by atoms with E-state index < -0.39 is 0 Å². The van der Waals surface area contributed by atoms with Crippen LogP contribution in [0.2, 0.25) is 0 Å². The molecule has 0 radical (unpaired) electrons. The van der Waals surface area contributed by atoms with Crippen LogP contribution in [0.25, 0.3) is 87.7 Å². The number of fused-ring (bicyclic) bond motifs is 7. The maximum Gasteiger partial charge on any atom is 0.234 e. The van der Waals surface area contributed by atoms with Gasteiger partial charge in [-0.3, -0.25) is 4.57 Å². The van der Waals surface area contributed by atoms with Gasteiger partial charge in [-0.15, -0.1) is 11.3 Å². The second kappa shape index (κ2) is 12.0. The van der Waals surface area contributed by atoms with Crippen molar-refractivity contribution >= 4 is 48.5 Å². The van der Waals surface area contributed by atoms with Crippen LogP contribution in [-0.4, -0.2) is 14.5 Å². The van der Waals surface area contributed by atoms with Crippen molar-refractivity contribution in [3.8, 4) is 50.6 Å². The number of rotatable bonds is 5. The largest absolute Gasteiger partial charge is 0.282 e. The van der Waals surface area contributed by atoms with E-state index in [0.29, 0.717) is 11.9 Å². The summed E-state index contributed by atoms with van der Waals surface area (Å²) < 4.78 is 4.97. The molecule has 4 heteroatoms. The molecule has 1 unspecified atom stereocenters. The molecule has 3 aromatic heterocycles. The SMILES string of the molecule is CC1C=Cc2c(n(-c3nccc(-c4cccc(-c5ccc(-c6ccccc6)cc5)c4)n3)c3ccc4c5cccc(-c6ccccc6)c5sc4c23)C1. The third-order valence-electron chi connectivity index (χ3n) is 10.3. The molecule has 0 bridgehead atoms. The monoisotopic (exact) mass is 671 g/mol. The van der Waals surface area contributed by atoms with E-state index in [-0.39, 0.29) is 0 Å². The topological polar surface area (TPSA) is 30.7 Å². The van der Waals surface area contributed by atoms with Gasteiger partial charge < -0.3 is 0 Å². The predicted octanol–water partition coefficient (Wildman–Crippen LogP) is 12.7. The molecule has 0 amide bonds. The molecule has 1 aliphatic carbocycles. The molecule has 0 aliphatic heterocycles. The number of hydrogen-bond donors (Lipinski definition) is 0. The van der Waals surface area contributed by atoms with Crippen molar-refractivity contribution in [3.63, 3.8) is 0 Å². The van der Waals surface area contributed by atoms with Gasteiger partial charge in [-0.05, 0) is 63.9 Å². The summed E-state index contributed by atoms with van der Waals surface area (Å²) in [6.45, 7) is 2.29. The van der Waals surface area contributed by atoms with Gasteiger partial charge in [0.25, 0.3) is 0 Å². The number of thiophene rings is 1. The highest BCUT2D eigenvalue weighted by molar-refractivity contribution is 7.27. The molecule has 0 saturated heterocycles. The Morgan fingerprint density at radius 2 is 1.27 bits per heavy atom. The van der Waals surface area contributed by atoms with Gasteiger partial charge in [-0.2, -0.15) is 0 Å². The summed E-state index contributed by atoms with van der Waals surface area (Å²) in [5.74, 6) is 1.14. The van der Waals surface area contributed by atoms with Crippen LogP contribution < -0.4 is 0 Å². The molecule has 0 spiro atoms. The average molecular weight is 672 g/mol. The Bertz CT molecular complexity index is 2770. The van der Waals surface area contributed by atoms with Gasteiger partial charge in [-0.25, -0.2) is 9.97 Å². The molecule has 51 heavy (non-hydrogen) atoms. The van der Waals surface area contributed by atoms with Crippen molar-refractivity contribution in [1.82, 2.24) is 14.5 Å². The summed E-state index contributed by atoms with van der Waals surface area (Å²) in [5, 5.41) is 3.90. The molecule has 3 heterocycles. The molecule has 0 fully saturated rings. The Kier molecular flexibility index (Phi) is 7.03. The number of nitrogens with zero attached hydrogens (tertiary/aromatic N) is 3. The molecule has 242 valence electrons. The Labute approximate surface area is 300 Å². The third kappa shape index (κ3) is 5.02.